The maximum absolute atomic E-state index is 5.38. The molecule has 1 aliphatic carbocycles. The van der Waals surface area contributed by atoms with E-state index >= 15 is 0 Å². The highest BCUT2D eigenvalue weighted by Gasteiger charge is 2.21. The number of methoxy groups -OCH3 is 1. The summed E-state index contributed by atoms with van der Waals surface area (Å²) in [5, 5.41) is 7.14. The zero-order chi connectivity index (χ0) is 19.8. The van der Waals surface area contributed by atoms with Crippen LogP contribution in [0.25, 0.3) is 6.08 Å². The lowest BCUT2D eigenvalue weighted by Crippen LogP contribution is -2.37. The lowest BCUT2D eigenvalue weighted by molar-refractivity contribution is 0.363. The van der Waals surface area contributed by atoms with Crippen molar-refractivity contribution in [1.82, 2.24) is 15.3 Å². The first-order valence-electron chi connectivity index (χ1n) is 9.95. The number of nitrogens with zero attached hydrogens (tertiary/aromatic N) is 3. The number of hydrogen-bond donors (Lipinski definition) is 2. The summed E-state index contributed by atoms with van der Waals surface area (Å²) in [6.07, 6.45) is 10.7. The van der Waals surface area contributed by atoms with Crippen molar-refractivity contribution >= 4 is 17.8 Å². The van der Waals surface area contributed by atoms with E-state index in [2.05, 4.69) is 38.8 Å². The third kappa shape index (κ3) is 5.70. The van der Waals surface area contributed by atoms with Crippen LogP contribution in [-0.4, -0.2) is 49.8 Å². The van der Waals surface area contributed by atoms with Crippen LogP contribution in [0.4, 0.5) is 11.8 Å². The minimum absolute atomic E-state index is 0.444. The molecule has 28 heavy (non-hydrogen) atoms. The molecule has 6 heteroatoms. The van der Waals surface area contributed by atoms with Crippen molar-refractivity contribution in [3.05, 3.63) is 48.2 Å². The van der Waals surface area contributed by atoms with E-state index in [4.69, 9.17) is 4.74 Å². The Balaban J connectivity index is 1.41. The van der Waals surface area contributed by atoms with Crippen LogP contribution < -0.4 is 20.3 Å². The molecule has 0 saturated heterocycles. The van der Waals surface area contributed by atoms with Crippen molar-refractivity contribution in [3.8, 4) is 5.75 Å². The van der Waals surface area contributed by atoms with Crippen LogP contribution in [0.15, 0.2) is 42.6 Å². The number of rotatable bonds is 8. The van der Waals surface area contributed by atoms with Crippen molar-refractivity contribution in [3.63, 3.8) is 0 Å². The van der Waals surface area contributed by atoms with Crippen LogP contribution in [0.1, 0.15) is 31.2 Å². The number of hydrogen-bond acceptors (Lipinski definition) is 6. The summed E-state index contributed by atoms with van der Waals surface area (Å²) in [6, 6.07) is 11.0. The Hall–Kier alpha value is -2.60. The quantitative estimate of drug-likeness (QED) is 0.729. The minimum Gasteiger partial charge on any atom is -0.496 e. The van der Waals surface area contributed by atoms with Gasteiger partial charge in [0.1, 0.15) is 11.6 Å². The van der Waals surface area contributed by atoms with E-state index in [0.29, 0.717) is 12.1 Å². The molecule has 0 amide bonds. The van der Waals surface area contributed by atoms with Gasteiger partial charge in [-0.05, 0) is 37.8 Å². The number of aromatic nitrogens is 2. The normalized spacial score (nSPS) is 19.5. The zero-order valence-corrected chi connectivity index (χ0v) is 17.1. The van der Waals surface area contributed by atoms with Gasteiger partial charge in [-0.1, -0.05) is 30.4 Å². The van der Waals surface area contributed by atoms with Gasteiger partial charge in [-0.25, -0.2) is 4.98 Å². The van der Waals surface area contributed by atoms with Crippen molar-refractivity contribution in [2.75, 3.05) is 38.0 Å². The van der Waals surface area contributed by atoms with Gasteiger partial charge in [0.2, 0.25) is 5.95 Å². The molecule has 1 aromatic carbocycles. The summed E-state index contributed by atoms with van der Waals surface area (Å²) in [6.45, 7) is 0.870. The summed E-state index contributed by atoms with van der Waals surface area (Å²) >= 11 is 0. The molecule has 0 unspecified atom stereocenters. The summed E-state index contributed by atoms with van der Waals surface area (Å²) < 4.78 is 5.38. The maximum Gasteiger partial charge on any atom is 0.224 e. The predicted molar refractivity (Wildman–Crippen MR) is 116 cm³/mol. The second-order valence-corrected chi connectivity index (χ2v) is 7.38. The van der Waals surface area contributed by atoms with Crippen LogP contribution in [-0.2, 0) is 0 Å². The number of ether oxygens (including phenoxy) is 1. The topological polar surface area (TPSA) is 62.3 Å². The van der Waals surface area contributed by atoms with E-state index in [0.717, 1.165) is 55.3 Å². The lowest BCUT2D eigenvalue weighted by atomic mass is 9.91. The maximum atomic E-state index is 5.38. The smallest absolute Gasteiger partial charge is 0.224 e. The molecule has 1 heterocycles. The van der Waals surface area contributed by atoms with Crippen LogP contribution in [0.2, 0.25) is 0 Å². The highest BCUT2D eigenvalue weighted by Crippen LogP contribution is 2.22. The Morgan fingerprint density at radius 2 is 1.86 bits per heavy atom. The second kappa shape index (κ2) is 10.1. The van der Waals surface area contributed by atoms with Gasteiger partial charge >= 0.3 is 0 Å². The van der Waals surface area contributed by atoms with Gasteiger partial charge in [-0.3, -0.25) is 0 Å². The average molecular weight is 382 g/mol. The standard InChI is InChI=1S/C22H31N5O/c1-27(2)21-14-16-24-22(26-21)25-19-12-10-18(11-13-19)23-15-6-8-17-7-4-5-9-20(17)28-3/h4-9,14,16,18-19,23H,10-13,15H2,1-3H3,(H,24,25,26)/b8-6+. The molecule has 1 saturated carbocycles. The van der Waals surface area contributed by atoms with Gasteiger partial charge in [0.15, 0.2) is 0 Å². The third-order valence-corrected chi connectivity index (χ3v) is 5.12. The number of nitrogens with one attached hydrogen (secondary N) is 2. The molecule has 150 valence electrons. The van der Waals surface area contributed by atoms with E-state index in [1.54, 1.807) is 7.11 Å². The largest absolute Gasteiger partial charge is 0.496 e. The summed E-state index contributed by atoms with van der Waals surface area (Å²) in [5.74, 6) is 2.56. The highest BCUT2D eigenvalue weighted by molar-refractivity contribution is 5.57. The summed E-state index contributed by atoms with van der Waals surface area (Å²) in [4.78, 5) is 10.9. The molecule has 0 bridgehead atoms. The fourth-order valence-corrected chi connectivity index (χ4v) is 3.52. The number of anilines is 2. The van der Waals surface area contributed by atoms with Crippen molar-refractivity contribution in [1.29, 1.82) is 0 Å². The Labute approximate surface area is 168 Å². The van der Waals surface area contributed by atoms with Gasteiger partial charge in [-0.2, -0.15) is 4.98 Å². The Morgan fingerprint density at radius 1 is 1.11 bits per heavy atom. The Kier molecular flexibility index (Phi) is 7.25. The van der Waals surface area contributed by atoms with E-state index in [-0.39, 0.29) is 0 Å². The van der Waals surface area contributed by atoms with Crippen LogP contribution in [0.5, 0.6) is 5.75 Å². The average Bonchev–Trinajstić information content (AvgIpc) is 2.73. The second-order valence-electron chi connectivity index (χ2n) is 7.38. The molecule has 1 fully saturated rings. The fraction of sp³-hybridized carbons (Fsp3) is 0.455. The molecule has 0 atom stereocenters. The van der Waals surface area contributed by atoms with Crippen LogP contribution >= 0.6 is 0 Å². The van der Waals surface area contributed by atoms with E-state index in [9.17, 15) is 0 Å². The van der Waals surface area contributed by atoms with Crippen molar-refractivity contribution < 1.29 is 4.74 Å². The van der Waals surface area contributed by atoms with Gasteiger partial charge < -0.3 is 20.3 Å². The molecular formula is C22H31N5O. The summed E-state index contributed by atoms with van der Waals surface area (Å²) in [7, 11) is 5.69. The molecule has 2 N–H and O–H groups in total. The van der Waals surface area contributed by atoms with Crippen LogP contribution in [0.3, 0.4) is 0 Å². The first kappa shape index (κ1) is 20.1. The van der Waals surface area contributed by atoms with E-state index in [1.165, 1.54) is 0 Å². The molecule has 0 radical (unpaired) electrons. The van der Waals surface area contributed by atoms with Gasteiger partial charge in [-0.15, -0.1) is 0 Å². The number of para-hydroxylation sites is 1. The fourth-order valence-electron chi connectivity index (χ4n) is 3.52. The van der Waals surface area contributed by atoms with Crippen LogP contribution in [0, 0.1) is 0 Å². The van der Waals surface area contributed by atoms with E-state index in [1.807, 2.05) is 49.5 Å². The summed E-state index contributed by atoms with van der Waals surface area (Å²) in [5.41, 5.74) is 1.11. The monoisotopic (exact) mass is 381 g/mol. The zero-order valence-electron chi connectivity index (χ0n) is 17.1. The van der Waals surface area contributed by atoms with Gasteiger partial charge in [0.05, 0.1) is 7.11 Å². The Morgan fingerprint density at radius 3 is 2.61 bits per heavy atom. The highest BCUT2D eigenvalue weighted by atomic mass is 16.5. The number of benzene rings is 1. The molecule has 3 rings (SSSR count). The Bertz CT molecular complexity index is 769. The molecular weight excluding hydrogens is 350 g/mol. The first-order valence-corrected chi connectivity index (χ1v) is 9.95. The first-order chi connectivity index (χ1) is 13.7. The molecule has 0 aliphatic heterocycles. The third-order valence-electron chi connectivity index (χ3n) is 5.12. The lowest BCUT2D eigenvalue weighted by Gasteiger charge is -2.29. The predicted octanol–water partition coefficient (Wildman–Crippen LogP) is 3.58. The SMILES string of the molecule is COc1ccccc1/C=C/CNC1CCC(Nc2nccc(N(C)C)n2)CC1. The van der Waals surface area contributed by atoms with Crippen molar-refractivity contribution in [2.24, 2.45) is 0 Å². The van der Waals surface area contributed by atoms with Crippen molar-refractivity contribution in [2.45, 2.75) is 37.8 Å². The van der Waals surface area contributed by atoms with E-state index < -0.39 is 0 Å². The molecule has 1 aliphatic rings. The molecule has 2 aromatic rings. The molecule has 6 nitrogen and oxygen atoms in total. The molecule has 0 spiro atoms. The molecule has 1 aromatic heterocycles. The minimum atomic E-state index is 0.444. The van der Waals surface area contributed by atoms with Gasteiger partial charge in [0.25, 0.3) is 0 Å². The van der Waals surface area contributed by atoms with Gasteiger partial charge in [0, 0.05) is 44.5 Å².